The number of ether oxygens (including phenoxy) is 1. The van der Waals surface area contributed by atoms with E-state index in [0.717, 1.165) is 0 Å². The summed E-state index contributed by atoms with van der Waals surface area (Å²) in [6.45, 7) is 0.00800. The second-order valence-electron chi connectivity index (χ2n) is 4.36. The van der Waals surface area contributed by atoms with Crippen LogP contribution in [0.2, 0.25) is 5.02 Å². The summed E-state index contributed by atoms with van der Waals surface area (Å²) in [6.07, 6.45) is 0.606. The lowest BCUT2D eigenvalue weighted by molar-refractivity contribution is 0.0840. The molecule has 112 valence electrons. The van der Waals surface area contributed by atoms with E-state index in [1.165, 1.54) is 36.5 Å². The summed E-state index contributed by atoms with van der Waals surface area (Å²) in [5.74, 6) is -0.291. The van der Waals surface area contributed by atoms with Crippen molar-refractivity contribution in [3.8, 4) is 5.75 Å². The van der Waals surface area contributed by atoms with E-state index >= 15 is 0 Å². The molecular weight excluding hydrogens is 299 g/mol. The molecule has 2 rings (SSSR count). The van der Waals surface area contributed by atoms with Gasteiger partial charge in [0.1, 0.15) is 30.0 Å². The zero-order valence-corrected chi connectivity index (χ0v) is 11.7. The fourth-order valence-corrected chi connectivity index (χ4v) is 1.75. The SMILES string of the molecule is O=C(NCC(O)COc1ccc(F)cc1)c1cc(Cl)c[nH]1. The minimum atomic E-state index is -0.885. The maximum Gasteiger partial charge on any atom is 0.267 e. The minimum Gasteiger partial charge on any atom is -0.491 e. The molecule has 0 aliphatic carbocycles. The number of benzene rings is 1. The first-order valence-electron chi connectivity index (χ1n) is 6.23. The van der Waals surface area contributed by atoms with Crippen LogP contribution < -0.4 is 10.1 Å². The number of halogens is 2. The highest BCUT2D eigenvalue weighted by Crippen LogP contribution is 2.11. The Bertz CT molecular complexity index is 601. The number of nitrogens with one attached hydrogen (secondary N) is 2. The number of carbonyl (C=O) groups is 1. The van der Waals surface area contributed by atoms with Crippen LogP contribution in [0.4, 0.5) is 4.39 Å². The van der Waals surface area contributed by atoms with Crippen LogP contribution in [-0.4, -0.2) is 35.3 Å². The molecule has 1 aromatic heterocycles. The van der Waals surface area contributed by atoms with Crippen molar-refractivity contribution in [3.63, 3.8) is 0 Å². The van der Waals surface area contributed by atoms with Crippen molar-refractivity contribution >= 4 is 17.5 Å². The third-order valence-corrected chi connectivity index (χ3v) is 2.86. The highest BCUT2D eigenvalue weighted by atomic mass is 35.5. The van der Waals surface area contributed by atoms with Crippen molar-refractivity contribution in [2.24, 2.45) is 0 Å². The van der Waals surface area contributed by atoms with E-state index < -0.39 is 6.10 Å². The summed E-state index contributed by atoms with van der Waals surface area (Å²) in [5.41, 5.74) is 0.312. The number of aliphatic hydroxyl groups is 1. The molecule has 0 aliphatic heterocycles. The van der Waals surface area contributed by atoms with Gasteiger partial charge in [0.05, 0.1) is 5.02 Å². The molecule has 5 nitrogen and oxygen atoms in total. The molecule has 2 aromatic rings. The van der Waals surface area contributed by atoms with E-state index in [-0.39, 0.29) is 24.9 Å². The number of hydrogen-bond donors (Lipinski definition) is 3. The smallest absolute Gasteiger partial charge is 0.267 e. The van der Waals surface area contributed by atoms with Crippen molar-refractivity contribution in [3.05, 3.63) is 53.1 Å². The highest BCUT2D eigenvalue weighted by Gasteiger charge is 2.11. The quantitative estimate of drug-likeness (QED) is 0.763. The summed E-state index contributed by atoms with van der Waals surface area (Å²) in [7, 11) is 0. The van der Waals surface area contributed by atoms with Crippen LogP contribution in [0.15, 0.2) is 36.5 Å². The van der Waals surface area contributed by atoms with Gasteiger partial charge in [-0.05, 0) is 30.3 Å². The summed E-state index contributed by atoms with van der Waals surface area (Å²) >= 11 is 5.69. The molecule has 21 heavy (non-hydrogen) atoms. The normalized spacial score (nSPS) is 12.0. The van der Waals surface area contributed by atoms with Crippen molar-refractivity contribution in [1.82, 2.24) is 10.3 Å². The molecule has 0 radical (unpaired) electrons. The monoisotopic (exact) mass is 312 g/mol. The van der Waals surface area contributed by atoms with Gasteiger partial charge in [-0.3, -0.25) is 4.79 Å². The van der Waals surface area contributed by atoms with Gasteiger partial charge in [0.25, 0.3) is 5.91 Å². The van der Waals surface area contributed by atoms with Crippen molar-refractivity contribution in [1.29, 1.82) is 0 Å². The highest BCUT2D eigenvalue weighted by molar-refractivity contribution is 6.30. The average Bonchev–Trinajstić information content (AvgIpc) is 2.91. The van der Waals surface area contributed by atoms with Gasteiger partial charge < -0.3 is 20.1 Å². The molecular formula is C14H14ClFN2O3. The number of aliphatic hydroxyl groups excluding tert-OH is 1. The molecule has 1 atom stereocenters. The summed E-state index contributed by atoms with van der Waals surface area (Å²) in [6, 6.07) is 6.93. The van der Waals surface area contributed by atoms with Crippen LogP contribution in [0.5, 0.6) is 5.75 Å². The van der Waals surface area contributed by atoms with Crippen LogP contribution in [0.1, 0.15) is 10.5 Å². The summed E-state index contributed by atoms with van der Waals surface area (Å²) < 4.78 is 18.0. The van der Waals surface area contributed by atoms with Crippen LogP contribution >= 0.6 is 11.6 Å². The van der Waals surface area contributed by atoms with Crippen LogP contribution in [-0.2, 0) is 0 Å². The number of carbonyl (C=O) groups excluding carboxylic acids is 1. The van der Waals surface area contributed by atoms with E-state index in [1.54, 1.807) is 0 Å². The van der Waals surface area contributed by atoms with E-state index in [0.29, 0.717) is 16.5 Å². The molecule has 1 unspecified atom stereocenters. The zero-order valence-electron chi connectivity index (χ0n) is 11.0. The largest absolute Gasteiger partial charge is 0.491 e. The Labute approximate surface area is 125 Å². The van der Waals surface area contributed by atoms with Gasteiger partial charge in [0.2, 0.25) is 0 Å². The third kappa shape index (κ3) is 4.77. The minimum absolute atomic E-state index is 0.0165. The number of hydrogen-bond acceptors (Lipinski definition) is 3. The number of rotatable bonds is 6. The topological polar surface area (TPSA) is 74.3 Å². The number of aromatic amines is 1. The first-order valence-corrected chi connectivity index (χ1v) is 6.61. The second-order valence-corrected chi connectivity index (χ2v) is 4.80. The van der Waals surface area contributed by atoms with Crippen molar-refractivity contribution in [2.75, 3.05) is 13.2 Å². The lowest BCUT2D eigenvalue weighted by atomic mass is 10.3. The Morgan fingerprint density at radius 3 is 2.76 bits per heavy atom. The Morgan fingerprint density at radius 2 is 2.14 bits per heavy atom. The molecule has 3 N–H and O–H groups in total. The van der Waals surface area contributed by atoms with E-state index in [9.17, 15) is 14.3 Å². The Balaban J connectivity index is 1.73. The molecule has 1 amide bonds. The Morgan fingerprint density at radius 1 is 1.43 bits per heavy atom. The molecule has 0 aliphatic rings. The Hall–Kier alpha value is -2.05. The maximum absolute atomic E-state index is 12.7. The average molecular weight is 313 g/mol. The number of amides is 1. The third-order valence-electron chi connectivity index (χ3n) is 2.65. The molecule has 7 heteroatoms. The predicted molar refractivity (Wildman–Crippen MR) is 76.0 cm³/mol. The van der Waals surface area contributed by atoms with Gasteiger partial charge in [-0.2, -0.15) is 0 Å². The van der Waals surface area contributed by atoms with E-state index in [2.05, 4.69) is 10.3 Å². The van der Waals surface area contributed by atoms with Gasteiger partial charge in [0, 0.05) is 12.7 Å². The van der Waals surface area contributed by atoms with Gasteiger partial charge in [0.15, 0.2) is 0 Å². The molecule has 1 aromatic carbocycles. The van der Waals surface area contributed by atoms with Gasteiger partial charge in [-0.25, -0.2) is 4.39 Å². The Kier molecular flexibility index (Phi) is 5.19. The first kappa shape index (κ1) is 15.3. The van der Waals surface area contributed by atoms with Gasteiger partial charge in [-0.15, -0.1) is 0 Å². The molecule has 0 bridgehead atoms. The van der Waals surface area contributed by atoms with Crippen LogP contribution in [0.25, 0.3) is 0 Å². The van der Waals surface area contributed by atoms with E-state index in [1.807, 2.05) is 0 Å². The maximum atomic E-state index is 12.7. The fourth-order valence-electron chi connectivity index (χ4n) is 1.59. The zero-order chi connectivity index (χ0) is 15.2. The molecule has 0 spiro atoms. The van der Waals surface area contributed by atoms with Crippen LogP contribution in [0.3, 0.4) is 0 Å². The molecule has 1 heterocycles. The van der Waals surface area contributed by atoms with Gasteiger partial charge >= 0.3 is 0 Å². The molecule has 0 fully saturated rings. The lowest BCUT2D eigenvalue weighted by Gasteiger charge is -2.13. The fraction of sp³-hybridized carbons (Fsp3) is 0.214. The van der Waals surface area contributed by atoms with Crippen molar-refractivity contribution in [2.45, 2.75) is 6.10 Å². The first-order chi connectivity index (χ1) is 10.0. The van der Waals surface area contributed by atoms with Crippen molar-refractivity contribution < 1.29 is 19.0 Å². The second kappa shape index (κ2) is 7.10. The summed E-state index contributed by atoms with van der Waals surface area (Å²) in [4.78, 5) is 14.4. The molecule has 0 saturated heterocycles. The number of aromatic nitrogens is 1. The van der Waals surface area contributed by atoms with Gasteiger partial charge in [-0.1, -0.05) is 11.6 Å². The molecule has 0 saturated carbocycles. The lowest BCUT2D eigenvalue weighted by Crippen LogP contribution is -2.35. The van der Waals surface area contributed by atoms with E-state index in [4.69, 9.17) is 16.3 Å². The number of H-pyrrole nitrogens is 1. The predicted octanol–water partition coefficient (Wildman–Crippen LogP) is 1.98. The standard InChI is InChI=1S/C14H14ClFN2O3/c15-9-5-13(17-6-9)14(20)18-7-11(19)8-21-12-3-1-10(16)2-4-12/h1-6,11,17,19H,7-8H2,(H,18,20). The summed E-state index contributed by atoms with van der Waals surface area (Å²) in [5, 5.41) is 12.7. The van der Waals surface area contributed by atoms with Crippen LogP contribution in [0, 0.1) is 5.82 Å².